The minimum absolute atomic E-state index is 0.0118. The Morgan fingerprint density at radius 2 is 1.80 bits per heavy atom. The molecule has 0 saturated heterocycles. The van der Waals surface area contributed by atoms with Crippen molar-refractivity contribution in [3.8, 4) is 11.3 Å². The van der Waals surface area contributed by atoms with Gasteiger partial charge >= 0.3 is 0 Å². The summed E-state index contributed by atoms with van der Waals surface area (Å²) in [6, 6.07) is 6.56. The molecular weight excluding hydrogens is 262 g/mol. The van der Waals surface area contributed by atoms with Gasteiger partial charge in [-0.15, -0.1) is 0 Å². The number of rotatable bonds is 4. The minimum atomic E-state index is -2.58. The number of carbonyl (C=O) groups excluding carboxylic acids is 1. The molecule has 20 heavy (non-hydrogen) atoms. The molecule has 2 aromatic rings. The monoisotopic (exact) mass is 278 g/mol. The zero-order valence-electron chi connectivity index (χ0n) is 11.6. The predicted molar refractivity (Wildman–Crippen MR) is 73.0 cm³/mol. The third-order valence-electron chi connectivity index (χ3n) is 3.09. The van der Waals surface area contributed by atoms with Gasteiger partial charge in [0.15, 0.2) is 5.78 Å². The molecule has 1 aromatic carbocycles. The number of hydrogen-bond donors (Lipinski definition) is 0. The number of hydrogen-bond acceptors (Lipinski definition) is 2. The Balaban J connectivity index is 2.47. The van der Waals surface area contributed by atoms with Crippen molar-refractivity contribution < 1.29 is 13.6 Å². The number of halogens is 2. The van der Waals surface area contributed by atoms with E-state index in [-0.39, 0.29) is 23.1 Å². The van der Waals surface area contributed by atoms with Gasteiger partial charge in [-0.25, -0.2) is 8.78 Å². The zero-order chi connectivity index (χ0) is 14.9. The first-order chi connectivity index (χ1) is 9.40. The second-order valence-corrected chi connectivity index (χ2v) is 4.94. The van der Waals surface area contributed by atoms with E-state index in [4.69, 9.17) is 0 Å². The van der Waals surface area contributed by atoms with Gasteiger partial charge in [0, 0.05) is 23.4 Å². The number of carbonyl (C=O) groups is 1. The Bertz CT molecular complexity index is 615. The van der Waals surface area contributed by atoms with Crippen LogP contribution in [0.25, 0.3) is 11.3 Å². The summed E-state index contributed by atoms with van der Waals surface area (Å²) >= 11 is 0. The van der Waals surface area contributed by atoms with Crippen LogP contribution in [-0.4, -0.2) is 15.6 Å². The van der Waals surface area contributed by atoms with Crippen LogP contribution in [-0.2, 0) is 0 Å². The second kappa shape index (κ2) is 5.53. The molecule has 0 radical (unpaired) electrons. The lowest BCUT2D eigenvalue weighted by Crippen LogP contribution is -2.00. The Labute approximate surface area is 116 Å². The number of ketones is 1. The maximum absolute atomic E-state index is 13.1. The van der Waals surface area contributed by atoms with Gasteiger partial charge in [-0.3, -0.25) is 9.48 Å². The molecule has 0 spiro atoms. The molecule has 5 heteroatoms. The van der Waals surface area contributed by atoms with Crippen LogP contribution in [0.1, 0.15) is 49.2 Å². The van der Waals surface area contributed by atoms with Gasteiger partial charge in [-0.2, -0.15) is 5.10 Å². The highest BCUT2D eigenvalue weighted by molar-refractivity contribution is 5.94. The fraction of sp³-hybridized carbons (Fsp3) is 0.333. The molecule has 1 aromatic heterocycles. The summed E-state index contributed by atoms with van der Waals surface area (Å²) in [5, 5.41) is 4.23. The fourth-order valence-electron chi connectivity index (χ4n) is 1.92. The standard InChI is InChI=1S/C15H16F2N2O/c1-9(2)19-8-13(15(16)17)14(18-19)12-6-4-11(5-7-12)10(3)20/h4-9,15H,1-3H3. The number of benzene rings is 1. The molecule has 0 bridgehead atoms. The molecule has 0 unspecified atom stereocenters. The van der Waals surface area contributed by atoms with Crippen molar-refractivity contribution in [1.82, 2.24) is 9.78 Å². The van der Waals surface area contributed by atoms with E-state index in [1.807, 2.05) is 13.8 Å². The van der Waals surface area contributed by atoms with E-state index < -0.39 is 6.43 Å². The lowest BCUT2D eigenvalue weighted by Gasteiger charge is -2.04. The summed E-state index contributed by atoms with van der Waals surface area (Å²) in [7, 11) is 0. The first kappa shape index (κ1) is 14.4. The molecule has 0 aliphatic rings. The topological polar surface area (TPSA) is 34.9 Å². The Kier molecular flexibility index (Phi) is 3.97. The maximum Gasteiger partial charge on any atom is 0.267 e. The first-order valence-electron chi connectivity index (χ1n) is 6.38. The van der Waals surface area contributed by atoms with E-state index in [0.717, 1.165) is 0 Å². The third kappa shape index (κ3) is 2.76. The van der Waals surface area contributed by atoms with Crippen molar-refractivity contribution >= 4 is 5.78 Å². The van der Waals surface area contributed by atoms with Crippen LogP contribution in [0.5, 0.6) is 0 Å². The van der Waals surface area contributed by atoms with Crippen molar-refractivity contribution in [3.05, 3.63) is 41.6 Å². The quantitative estimate of drug-likeness (QED) is 0.783. The summed E-state index contributed by atoms with van der Waals surface area (Å²) in [4.78, 5) is 11.2. The van der Waals surface area contributed by atoms with Crippen LogP contribution in [0.2, 0.25) is 0 Å². The zero-order valence-corrected chi connectivity index (χ0v) is 11.6. The van der Waals surface area contributed by atoms with E-state index in [1.165, 1.54) is 17.8 Å². The van der Waals surface area contributed by atoms with Gasteiger partial charge in [0.1, 0.15) is 5.69 Å². The van der Waals surface area contributed by atoms with E-state index in [2.05, 4.69) is 5.10 Å². The molecule has 106 valence electrons. The lowest BCUT2D eigenvalue weighted by atomic mass is 10.0. The van der Waals surface area contributed by atoms with Crippen molar-refractivity contribution in [2.75, 3.05) is 0 Å². The minimum Gasteiger partial charge on any atom is -0.295 e. The van der Waals surface area contributed by atoms with Gasteiger partial charge in [0.25, 0.3) is 6.43 Å². The van der Waals surface area contributed by atoms with Crippen LogP contribution in [0.4, 0.5) is 8.78 Å². The number of nitrogens with zero attached hydrogens (tertiary/aromatic N) is 2. The highest BCUT2D eigenvalue weighted by Gasteiger charge is 2.20. The predicted octanol–water partition coefficient (Wildman–Crippen LogP) is 4.27. The molecule has 0 atom stereocenters. The maximum atomic E-state index is 13.1. The molecule has 0 amide bonds. The van der Waals surface area contributed by atoms with E-state index >= 15 is 0 Å². The summed E-state index contributed by atoms with van der Waals surface area (Å²) in [5.41, 5.74) is 1.32. The van der Waals surface area contributed by atoms with Crippen LogP contribution in [0.3, 0.4) is 0 Å². The van der Waals surface area contributed by atoms with Crippen molar-refractivity contribution in [2.45, 2.75) is 33.2 Å². The number of Topliss-reactive ketones (excluding diaryl/α,β-unsaturated/α-hetero) is 1. The molecule has 2 rings (SSSR count). The molecule has 0 aliphatic heterocycles. The van der Waals surface area contributed by atoms with Gasteiger partial charge in [0.05, 0.1) is 5.56 Å². The van der Waals surface area contributed by atoms with Gasteiger partial charge in [-0.05, 0) is 20.8 Å². The summed E-state index contributed by atoms with van der Waals surface area (Å²) in [6.07, 6.45) is -1.20. The molecule has 0 saturated carbocycles. The van der Waals surface area contributed by atoms with Crippen LogP contribution in [0, 0.1) is 0 Å². The van der Waals surface area contributed by atoms with Crippen molar-refractivity contribution in [1.29, 1.82) is 0 Å². The average Bonchev–Trinajstić information content (AvgIpc) is 2.84. The third-order valence-corrected chi connectivity index (χ3v) is 3.09. The van der Waals surface area contributed by atoms with Gasteiger partial charge in [-0.1, -0.05) is 24.3 Å². The van der Waals surface area contributed by atoms with E-state index in [9.17, 15) is 13.6 Å². The summed E-state index contributed by atoms with van der Waals surface area (Å²) in [5.74, 6) is -0.0571. The van der Waals surface area contributed by atoms with Crippen LogP contribution in [0.15, 0.2) is 30.5 Å². The number of aromatic nitrogens is 2. The highest BCUT2D eigenvalue weighted by Crippen LogP contribution is 2.31. The molecule has 3 nitrogen and oxygen atoms in total. The second-order valence-electron chi connectivity index (χ2n) is 4.94. The first-order valence-corrected chi connectivity index (χ1v) is 6.38. The van der Waals surface area contributed by atoms with Crippen molar-refractivity contribution in [2.24, 2.45) is 0 Å². The van der Waals surface area contributed by atoms with Crippen LogP contribution < -0.4 is 0 Å². The van der Waals surface area contributed by atoms with Gasteiger partial charge in [0.2, 0.25) is 0 Å². The average molecular weight is 278 g/mol. The molecule has 0 N–H and O–H groups in total. The Morgan fingerprint density at radius 1 is 1.20 bits per heavy atom. The Hall–Kier alpha value is -2.04. The van der Waals surface area contributed by atoms with Crippen LogP contribution >= 0.6 is 0 Å². The SMILES string of the molecule is CC(=O)c1ccc(-c2nn(C(C)C)cc2C(F)F)cc1. The summed E-state index contributed by atoms with van der Waals surface area (Å²) < 4.78 is 27.7. The molecule has 1 heterocycles. The lowest BCUT2D eigenvalue weighted by molar-refractivity contribution is 0.101. The van der Waals surface area contributed by atoms with Crippen molar-refractivity contribution in [3.63, 3.8) is 0 Å². The highest BCUT2D eigenvalue weighted by atomic mass is 19.3. The molecule has 0 fully saturated rings. The van der Waals surface area contributed by atoms with E-state index in [1.54, 1.807) is 24.3 Å². The largest absolute Gasteiger partial charge is 0.295 e. The fourth-order valence-corrected chi connectivity index (χ4v) is 1.92. The van der Waals surface area contributed by atoms with Gasteiger partial charge < -0.3 is 0 Å². The molecule has 0 aliphatic carbocycles. The Morgan fingerprint density at radius 3 is 2.25 bits per heavy atom. The normalized spacial score (nSPS) is 11.3. The molecular formula is C15H16F2N2O. The number of alkyl halides is 2. The smallest absolute Gasteiger partial charge is 0.267 e. The summed E-state index contributed by atoms with van der Waals surface area (Å²) in [6.45, 7) is 5.23. The van der Waals surface area contributed by atoms with E-state index in [0.29, 0.717) is 11.1 Å².